The van der Waals surface area contributed by atoms with Gasteiger partial charge in [-0.3, -0.25) is 4.90 Å². The third kappa shape index (κ3) is 3.17. The lowest BCUT2D eigenvalue weighted by Gasteiger charge is -2.32. The number of pyridine rings is 1. The maximum absolute atomic E-state index is 5.29. The van der Waals surface area contributed by atoms with Crippen molar-refractivity contribution in [3.63, 3.8) is 0 Å². The van der Waals surface area contributed by atoms with E-state index in [2.05, 4.69) is 21.3 Å². The summed E-state index contributed by atoms with van der Waals surface area (Å²) in [5, 5.41) is 3.36. The van der Waals surface area contributed by atoms with E-state index in [0.717, 1.165) is 25.5 Å². The first-order valence-electron chi connectivity index (χ1n) is 6.21. The van der Waals surface area contributed by atoms with Crippen molar-refractivity contribution in [1.82, 2.24) is 15.2 Å². The van der Waals surface area contributed by atoms with Gasteiger partial charge in [0.25, 0.3) is 0 Å². The van der Waals surface area contributed by atoms with Crippen LogP contribution < -0.4 is 10.1 Å². The summed E-state index contributed by atoms with van der Waals surface area (Å²) in [6.07, 6.45) is 4.31. The van der Waals surface area contributed by atoms with Crippen molar-refractivity contribution in [2.45, 2.75) is 25.4 Å². The summed E-state index contributed by atoms with van der Waals surface area (Å²) in [6, 6.07) is 4.68. The van der Waals surface area contributed by atoms with E-state index in [0.29, 0.717) is 6.04 Å². The highest BCUT2D eigenvalue weighted by molar-refractivity contribution is 5.25. The van der Waals surface area contributed by atoms with E-state index < -0.39 is 0 Å². The van der Waals surface area contributed by atoms with Gasteiger partial charge in [0.05, 0.1) is 7.11 Å². The molecule has 17 heavy (non-hydrogen) atoms. The fraction of sp³-hybridized carbons (Fsp3) is 0.615. The molecule has 1 saturated heterocycles. The maximum Gasteiger partial charge on any atom is 0.217 e. The number of rotatable bonds is 4. The molecule has 4 heteroatoms. The molecule has 1 aliphatic heterocycles. The fourth-order valence-electron chi connectivity index (χ4n) is 2.40. The highest BCUT2D eigenvalue weighted by Gasteiger charge is 2.19. The van der Waals surface area contributed by atoms with Crippen LogP contribution in [0.15, 0.2) is 18.3 Å². The van der Waals surface area contributed by atoms with Gasteiger partial charge in [0, 0.05) is 30.9 Å². The summed E-state index contributed by atoms with van der Waals surface area (Å²) < 4.78 is 5.29. The number of hydrogen-bond acceptors (Lipinski definition) is 4. The average molecular weight is 235 g/mol. The van der Waals surface area contributed by atoms with Crippen LogP contribution in [0.25, 0.3) is 0 Å². The summed E-state index contributed by atoms with van der Waals surface area (Å²) in [4.78, 5) is 6.70. The molecule has 2 heterocycles. The van der Waals surface area contributed by atoms with Crippen LogP contribution >= 0.6 is 0 Å². The second-order valence-corrected chi connectivity index (χ2v) is 4.53. The maximum atomic E-state index is 5.29. The van der Waals surface area contributed by atoms with Gasteiger partial charge in [-0.05, 0) is 32.5 Å². The van der Waals surface area contributed by atoms with Crippen LogP contribution in [0.3, 0.4) is 0 Å². The molecule has 1 atom stereocenters. The summed E-state index contributed by atoms with van der Waals surface area (Å²) >= 11 is 0. The van der Waals surface area contributed by atoms with E-state index in [-0.39, 0.29) is 0 Å². The van der Waals surface area contributed by atoms with Gasteiger partial charge >= 0.3 is 0 Å². The van der Waals surface area contributed by atoms with Gasteiger partial charge in [0.15, 0.2) is 0 Å². The number of methoxy groups -OCH3 is 1. The van der Waals surface area contributed by atoms with E-state index in [9.17, 15) is 0 Å². The SMILES string of the molecule is CNC1CCCN(Cc2cccnc2OC)C1. The monoisotopic (exact) mass is 235 g/mol. The zero-order valence-electron chi connectivity index (χ0n) is 10.6. The first-order chi connectivity index (χ1) is 8.33. The minimum Gasteiger partial charge on any atom is -0.481 e. The zero-order chi connectivity index (χ0) is 12.1. The van der Waals surface area contributed by atoms with Crippen molar-refractivity contribution >= 4 is 0 Å². The Hall–Kier alpha value is -1.13. The Morgan fingerprint density at radius 2 is 2.47 bits per heavy atom. The standard InChI is InChI=1S/C13H21N3O/c1-14-12-6-4-8-16(10-12)9-11-5-3-7-15-13(11)17-2/h3,5,7,12,14H,4,6,8-10H2,1-2H3. The Balaban J connectivity index is 2.00. The first kappa shape index (κ1) is 12.3. The van der Waals surface area contributed by atoms with Gasteiger partial charge in [0.1, 0.15) is 0 Å². The number of ether oxygens (including phenoxy) is 1. The van der Waals surface area contributed by atoms with Crippen molar-refractivity contribution in [2.24, 2.45) is 0 Å². The molecule has 1 N–H and O–H groups in total. The predicted octanol–water partition coefficient (Wildman–Crippen LogP) is 1.27. The van der Waals surface area contributed by atoms with E-state index >= 15 is 0 Å². The van der Waals surface area contributed by atoms with Crippen LogP contribution in [0.2, 0.25) is 0 Å². The van der Waals surface area contributed by atoms with Crippen LogP contribution in [-0.4, -0.2) is 43.2 Å². The molecule has 1 aliphatic rings. The summed E-state index contributed by atoms with van der Waals surface area (Å²) in [5.74, 6) is 0.749. The molecule has 0 aliphatic carbocycles. The van der Waals surface area contributed by atoms with Gasteiger partial charge in [-0.1, -0.05) is 6.07 Å². The largest absolute Gasteiger partial charge is 0.481 e. The average Bonchev–Trinajstić information content (AvgIpc) is 2.39. The Labute approximate surface area is 103 Å². The molecule has 0 spiro atoms. The lowest BCUT2D eigenvalue weighted by atomic mass is 10.1. The lowest BCUT2D eigenvalue weighted by molar-refractivity contribution is 0.185. The summed E-state index contributed by atoms with van der Waals surface area (Å²) in [6.45, 7) is 3.19. The van der Waals surface area contributed by atoms with Crippen molar-refractivity contribution < 1.29 is 4.74 Å². The van der Waals surface area contributed by atoms with Crippen molar-refractivity contribution in [1.29, 1.82) is 0 Å². The van der Waals surface area contributed by atoms with Crippen molar-refractivity contribution in [3.8, 4) is 5.88 Å². The summed E-state index contributed by atoms with van der Waals surface area (Å²) in [5.41, 5.74) is 1.17. The molecule has 4 nitrogen and oxygen atoms in total. The lowest BCUT2D eigenvalue weighted by Crippen LogP contribution is -2.43. The molecule has 0 saturated carbocycles. The molecule has 0 radical (unpaired) electrons. The number of likely N-dealkylation sites (tertiary alicyclic amines) is 1. The van der Waals surface area contributed by atoms with Gasteiger partial charge in [0.2, 0.25) is 5.88 Å². The van der Waals surface area contributed by atoms with E-state index in [1.54, 1.807) is 13.3 Å². The molecule has 0 bridgehead atoms. The van der Waals surface area contributed by atoms with Crippen LogP contribution in [0.4, 0.5) is 0 Å². The molecule has 0 aromatic carbocycles. The Bertz CT molecular complexity index is 356. The topological polar surface area (TPSA) is 37.4 Å². The zero-order valence-corrected chi connectivity index (χ0v) is 10.6. The van der Waals surface area contributed by atoms with E-state index in [1.807, 2.05) is 13.1 Å². The van der Waals surface area contributed by atoms with Gasteiger partial charge in [-0.15, -0.1) is 0 Å². The van der Waals surface area contributed by atoms with Gasteiger partial charge < -0.3 is 10.1 Å². The second kappa shape index (κ2) is 5.98. The third-order valence-corrected chi connectivity index (χ3v) is 3.35. The van der Waals surface area contributed by atoms with Crippen LogP contribution in [0.1, 0.15) is 18.4 Å². The Morgan fingerprint density at radius 3 is 3.24 bits per heavy atom. The molecule has 1 aromatic rings. The summed E-state index contributed by atoms with van der Waals surface area (Å²) in [7, 11) is 3.72. The normalized spacial score (nSPS) is 21.4. The second-order valence-electron chi connectivity index (χ2n) is 4.53. The van der Waals surface area contributed by atoms with Gasteiger partial charge in [-0.2, -0.15) is 0 Å². The van der Waals surface area contributed by atoms with Crippen molar-refractivity contribution in [2.75, 3.05) is 27.2 Å². The molecule has 94 valence electrons. The minimum absolute atomic E-state index is 0.617. The fourth-order valence-corrected chi connectivity index (χ4v) is 2.40. The minimum atomic E-state index is 0.617. The van der Waals surface area contributed by atoms with Crippen LogP contribution in [0, 0.1) is 0 Å². The smallest absolute Gasteiger partial charge is 0.217 e. The van der Waals surface area contributed by atoms with Crippen LogP contribution in [0.5, 0.6) is 5.88 Å². The molecule has 1 aromatic heterocycles. The molecule has 2 rings (SSSR count). The van der Waals surface area contributed by atoms with Crippen LogP contribution in [-0.2, 0) is 6.54 Å². The third-order valence-electron chi connectivity index (χ3n) is 3.35. The molecular weight excluding hydrogens is 214 g/mol. The number of hydrogen-bond donors (Lipinski definition) is 1. The number of aromatic nitrogens is 1. The predicted molar refractivity (Wildman–Crippen MR) is 68.1 cm³/mol. The highest BCUT2D eigenvalue weighted by atomic mass is 16.5. The molecule has 0 amide bonds. The number of nitrogens with zero attached hydrogens (tertiary/aromatic N) is 2. The number of likely N-dealkylation sites (N-methyl/N-ethyl adjacent to an activating group) is 1. The number of piperidine rings is 1. The molecule has 1 fully saturated rings. The molecule has 1 unspecified atom stereocenters. The Kier molecular flexibility index (Phi) is 4.34. The van der Waals surface area contributed by atoms with Gasteiger partial charge in [-0.25, -0.2) is 4.98 Å². The molecular formula is C13H21N3O. The van der Waals surface area contributed by atoms with Crippen molar-refractivity contribution in [3.05, 3.63) is 23.9 Å². The highest BCUT2D eigenvalue weighted by Crippen LogP contribution is 2.19. The Morgan fingerprint density at radius 1 is 1.59 bits per heavy atom. The van der Waals surface area contributed by atoms with E-state index in [1.165, 1.54) is 18.4 Å². The number of nitrogens with one attached hydrogen (secondary N) is 1. The first-order valence-corrected chi connectivity index (χ1v) is 6.21. The van der Waals surface area contributed by atoms with E-state index in [4.69, 9.17) is 4.74 Å². The quantitative estimate of drug-likeness (QED) is 0.853.